The SMILES string of the molecule is COc1ccc(CN(C)C(=O)CCn2c(=O)[nH]c(=O)c3ccccc32)cc1F. The lowest BCUT2D eigenvalue weighted by Crippen LogP contribution is -2.33. The predicted molar refractivity (Wildman–Crippen MR) is 103 cm³/mol. The van der Waals surface area contributed by atoms with Gasteiger partial charge in [0.2, 0.25) is 5.91 Å². The molecule has 0 spiro atoms. The molecular formula is C20H20FN3O4. The highest BCUT2D eigenvalue weighted by Crippen LogP contribution is 2.18. The summed E-state index contributed by atoms with van der Waals surface area (Å²) in [5.41, 5.74) is 0.0861. The number of aryl methyl sites for hydroxylation is 1. The number of halogens is 1. The summed E-state index contributed by atoms with van der Waals surface area (Å²) < 4.78 is 20.1. The Hall–Kier alpha value is -3.42. The van der Waals surface area contributed by atoms with Crippen LogP contribution in [0.3, 0.4) is 0 Å². The summed E-state index contributed by atoms with van der Waals surface area (Å²) in [7, 11) is 2.99. The average Bonchev–Trinajstić information content (AvgIpc) is 2.67. The molecule has 3 rings (SSSR count). The Morgan fingerprint density at radius 3 is 2.68 bits per heavy atom. The van der Waals surface area contributed by atoms with Crippen LogP contribution < -0.4 is 16.0 Å². The van der Waals surface area contributed by atoms with Crippen LogP contribution in [0.25, 0.3) is 10.9 Å². The van der Waals surface area contributed by atoms with Crippen molar-refractivity contribution in [1.29, 1.82) is 0 Å². The van der Waals surface area contributed by atoms with Gasteiger partial charge in [-0.05, 0) is 29.8 Å². The fourth-order valence-electron chi connectivity index (χ4n) is 3.03. The van der Waals surface area contributed by atoms with E-state index < -0.39 is 17.1 Å². The third-order valence-corrected chi connectivity index (χ3v) is 4.52. The molecule has 28 heavy (non-hydrogen) atoms. The molecule has 0 aliphatic carbocycles. The van der Waals surface area contributed by atoms with Crippen molar-refractivity contribution in [3.63, 3.8) is 0 Å². The molecule has 0 fully saturated rings. The van der Waals surface area contributed by atoms with Crippen LogP contribution in [0, 0.1) is 5.82 Å². The molecule has 0 radical (unpaired) electrons. The van der Waals surface area contributed by atoms with Crippen LogP contribution in [0.5, 0.6) is 5.75 Å². The number of ether oxygens (including phenoxy) is 1. The van der Waals surface area contributed by atoms with Crippen molar-refractivity contribution in [2.45, 2.75) is 19.5 Å². The van der Waals surface area contributed by atoms with E-state index >= 15 is 0 Å². The first-order chi connectivity index (χ1) is 13.4. The molecule has 146 valence electrons. The quantitative estimate of drug-likeness (QED) is 0.702. The zero-order chi connectivity index (χ0) is 20.3. The summed E-state index contributed by atoms with van der Waals surface area (Å²) in [4.78, 5) is 40.2. The van der Waals surface area contributed by atoms with Crippen LogP contribution in [0.2, 0.25) is 0 Å². The molecule has 1 aromatic heterocycles. The number of nitrogens with one attached hydrogen (secondary N) is 1. The van der Waals surface area contributed by atoms with Crippen LogP contribution >= 0.6 is 0 Å². The van der Waals surface area contributed by atoms with Crippen molar-refractivity contribution in [2.24, 2.45) is 0 Å². The molecular weight excluding hydrogens is 365 g/mol. The summed E-state index contributed by atoms with van der Waals surface area (Å²) in [5, 5.41) is 0.386. The molecule has 8 heteroatoms. The number of aromatic amines is 1. The minimum atomic E-state index is -0.559. The van der Waals surface area contributed by atoms with E-state index in [2.05, 4.69) is 4.98 Å². The average molecular weight is 385 g/mol. The number of hydrogen-bond donors (Lipinski definition) is 1. The Morgan fingerprint density at radius 1 is 1.21 bits per heavy atom. The van der Waals surface area contributed by atoms with Gasteiger partial charge in [0.15, 0.2) is 11.6 Å². The Morgan fingerprint density at radius 2 is 1.96 bits per heavy atom. The first-order valence-corrected chi connectivity index (χ1v) is 8.69. The van der Waals surface area contributed by atoms with Crippen molar-refractivity contribution in [3.05, 3.63) is 74.7 Å². The molecule has 1 heterocycles. The number of H-pyrrole nitrogens is 1. The van der Waals surface area contributed by atoms with Crippen molar-refractivity contribution < 1.29 is 13.9 Å². The lowest BCUT2D eigenvalue weighted by molar-refractivity contribution is -0.130. The summed E-state index contributed by atoms with van der Waals surface area (Å²) in [6.45, 7) is 0.345. The van der Waals surface area contributed by atoms with Gasteiger partial charge in [-0.3, -0.25) is 19.1 Å². The van der Waals surface area contributed by atoms with Crippen molar-refractivity contribution in [1.82, 2.24) is 14.5 Å². The maximum absolute atomic E-state index is 13.8. The molecule has 2 aromatic carbocycles. The highest BCUT2D eigenvalue weighted by atomic mass is 19.1. The number of aromatic nitrogens is 2. The van der Waals surface area contributed by atoms with Gasteiger partial charge in [-0.2, -0.15) is 0 Å². The predicted octanol–water partition coefficient (Wildman–Crippen LogP) is 1.89. The number of methoxy groups -OCH3 is 1. The maximum atomic E-state index is 13.8. The van der Waals surface area contributed by atoms with Gasteiger partial charge < -0.3 is 9.64 Å². The minimum Gasteiger partial charge on any atom is -0.494 e. The Labute approximate surface area is 160 Å². The van der Waals surface area contributed by atoms with E-state index in [1.54, 1.807) is 37.4 Å². The molecule has 0 aliphatic heterocycles. The van der Waals surface area contributed by atoms with Crippen LogP contribution in [0.15, 0.2) is 52.1 Å². The summed E-state index contributed by atoms with van der Waals surface area (Å²) in [6.07, 6.45) is 0.0606. The number of fused-ring (bicyclic) bond motifs is 1. The van der Waals surface area contributed by atoms with E-state index in [0.29, 0.717) is 16.5 Å². The van der Waals surface area contributed by atoms with Crippen molar-refractivity contribution in [3.8, 4) is 5.75 Å². The van der Waals surface area contributed by atoms with Crippen molar-refractivity contribution in [2.75, 3.05) is 14.2 Å². The van der Waals surface area contributed by atoms with E-state index in [1.807, 2.05) is 0 Å². The molecule has 1 amide bonds. The number of carbonyl (C=O) groups excluding carboxylic acids is 1. The Balaban J connectivity index is 1.72. The number of carbonyl (C=O) groups is 1. The fraction of sp³-hybridized carbons (Fsp3) is 0.250. The second-order valence-corrected chi connectivity index (χ2v) is 6.40. The van der Waals surface area contributed by atoms with E-state index in [-0.39, 0.29) is 31.2 Å². The number of amides is 1. The minimum absolute atomic E-state index is 0.0606. The molecule has 3 aromatic rings. The Bertz CT molecular complexity index is 1140. The van der Waals surface area contributed by atoms with Gasteiger partial charge in [-0.25, -0.2) is 9.18 Å². The highest BCUT2D eigenvalue weighted by molar-refractivity contribution is 5.78. The molecule has 0 aliphatic rings. The molecule has 1 N–H and O–H groups in total. The fourth-order valence-corrected chi connectivity index (χ4v) is 3.03. The van der Waals surface area contributed by atoms with E-state index in [0.717, 1.165) is 0 Å². The van der Waals surface area contributed by atoms with Crippen LogP contribution in [0.4, 0.5) is 4.39 Å². The van der Waals surface area contributed by atoms with Gasteiger partial charge in [-0.15, -0.1) is 0 Å². The van der Waals surface area contributed by atoms with Gasteiger partial charge in [-0.1, -0.05) is 18.2 Å². The zero-order valence-electron chi connectivity index (χ0n) is 15.6. The van der Waals surface area contributed by atoms with E-state index in [1.165, 1.54) is 28.7 Å². The maximum Gasteiger partial charge on any atom is 0.328 e. The summed E-state index contributed by atoms with van der Waals surface area (Å²) >= 11 is 0. The number of para-hydroxylation sites is 1. The van der Waals surface area contributed by atoms with Gasteiger partial charge in [0, 0.05) is 26.6 Å². The number of rotatable bonds is 6. The van der Waals surface area contributed by atoms with Crippen LogP contribution in [-0.4, -0.2) is 34.5 Å². The van der Waals surface area contributed by atoms with Crippen molar-refractivity contribution >= 4 is 16.8 Å². The highest BCUT2D eigenvalue weighted by Gasteiger charge is 2.13. The third kappa shape index (κ3) is 3.95. The number of nitrogens with zero attached hydrogens (tertiary/aromatic N) is 2. The van der Waals surface area contributed by atoms with Gasteiger partial charge in [0.05, 0.1) is 18.0 Å². The lowest BCUT2D eigenvalue weighted by Gasteiger charge is -2.18. The topological polar surface area (TPSA) is 84.4 Å². The van der Waals surface area contributed by atoms with Crippen LogP contribution in [-0.2, 0) is 17.9 Å². The van der Waals surface area contributed by atoms with E-state index in [4.69, 9.17) is 4.74 Å². The molecule has 0 atom stereocenters. The Kier molecular flexibility index (Phi) is 5.58. The molecule has 0 saturated carbocycles. The second-order valence-electron chi connectivity index (χ2n) is 6.40. The van der Waals surface area contributed by atoms with Gasteiger partial charge in [0.1, 0.15) is 0 Å². The monoisotopic (exact) mass is 385 g/mol. The summed E-state index contributed by atoms with van der Waals surface area (Å²) in [5.74, 6) is -0.562. The number of benzene rings is 2. The lowest BCUT2D eigenvalue weighted by atomic mass is 10.2. The molecule has 0 saturated heterocycles. The molecule has 7 nitrogen and oxygen atoms in total. The molecule has 0 bridgehead atoms. The number of hydrogen-bond acceptors (Lipinski definition) is 4. The normalized spacial score (nSPS) is 10.8. The first kappa shape index (κ1) is 19.3. The smallest absolute Gasteiger partial charge is 0.328 e. The van der Waals surface area contributed by atoms with Gasteiger partial charge >= 0.3 is 5.69 Å². The summed E-state index contributed by atoms with van der Waals surface area (Å²) in [6, 6.07) is 11.2. The second kappa shape index (κ2) is 8.08. The largest absolute Gasteiger partial charge is 0.494 e. The van der Waals surface area contributed by atoms with E-state index in [9.17, 15) is 18.8 Å². The van der Waals surface area contributed by atoms with Crippen LogP contribution in [0.1, 0.15) is 12.0 Å². The third-order valence-electron chi connectivity index (χ3n) is 4.52. The standard InChI is InChI=1S/C20H20FN3O4/c1-23(12-13-7-8-17(28-2)15(21)11-13)18(25)9-10-24-16-6-4-3-5-14(16)19(26)22-20(24)27/h3-8,11H,9-10,12H2,1-2H3,(H,22,26,27). The molecule has 0 unspecified atom stereocenters. The van der Waals surface area contributed by atoms with Gasteiger partial charge in [0.25, 0.3) is 5.56 Å². The zero-order valence-corrected chi connectivity index (χ0v) is 15.6. The first-order valence-electron chi connectivity index (χ1n) is 8.69.